The van der Waals surface area contributed by atoms with Crippen molar-refractivity contribution in [3.05, 3.63) is 53.8 Å². The monoisotopic (exact) mass is 286 g/mol. The highest BCUT2D eigenvalue weighted by Crippen LogP contribution is 2.23. The number of nitrogens with one attached hydrogen (secondary N) is 1. The minimum atomic E-state index is -0.420. The van der Waals surface area contributed by atoms with Crippen LogP contribution in [-0.4, -0.2) is 13.7 Å². The zero-order valence-electron chi connectivity index (χ0n) is 11.6. The number of nitrogens with zero attached hydrogens (tertiary/aromatic N) is 1. The first-order valence-electron chi connectivity index (χ1n) is 6.39. The fourth-order valence-corrected chi connectivity index (χ4v) is 1.87. The van der Waals surface area contributed by atoms with Gasteiger partial charge in [0.15, 0.2) is 18.2 Å². The molecule has 0 aliphatic heterocycles. The van der Waals surface area contributed by atoms with E-state index in [-0.39, 0.29) is 12.4 Å². The van der Waals surface area contributed by atoms with Gasteiger partial charge in [-0.05, 0) is 18.2 Å². The summed E-state index contributed by atoms with van der Waals surface area (Å²) in [6.07, 6.45) is 0. The first kappa shape index (κ1) is 14.7. The number of benzene rings is 2. The molecule has 108 valence electrons. The van der Waals surface area contributed by atoms with Crippen LogP contribution < -0.4 is 14.8 Å². The maximum absolute atomic E-state index is 13.6. The molecular weight excluding hydrogens is 271 g/mol. The van der Waals surface area contributed by atoms with Crippen LogP contribution in [0.1, 0.15) is 5.56 Å². The molecule has 0 unspecified atom stereocenters. The van der Waals surface area contributed by atoms with Crippen molar-refractivity contribution in [2.45, 2.75) is 6.54 Å². The quantitative estimate of drug-likeness (QED) is 0.884. The molecule has 0 aliphatic carbocycles. The van der Waals surface area contributed by atoms with E-state index in [9.17, 15) is 4.39 Å². The second-order valence-corrected chi connectivity index (χ2v) is 4.26. The Morgan fingerprint density at radius 3 is 2.71 bits per heavy atom. The zero-order chi connectivity index (χ0) is 15.1. The molecule has 0 fully saturated rings. The number of methoxy groups -OCH3 is 1. The lowest BCUT2D eigenvalue weighted by Crippen LogP contribution is -2.04. The maximum Gasteiger partial charge on any atom is 0.174 e. The van der Waals surface area contributed by atoms with Gasteiger partial charge in [0, 0.05) is 23.9 Å². The van der Waals surface area contributed by atoms with E-state index in [4.69, 9.17) is 14.7 Å². The number of halogens is 1. The third-order valence-corrected chi connectivity index (χ3v) is 2.90. The highest BCUT2D eigenvalue weighted by Gasteiger charge is 2.05. The Morgan fingerprint density at radius 2 is 2.00 bits per heavy atom. The molecule has 0 amide bonds. The summed E-state index contributed by atoms with van der Waals surface area (Å²) in [5.74, 6) is 0.426. The standard InChI is InChI=1S/C16H15FN2O2/c1-20-16-7-6-13(10-14(16)17)19-11-12-4-2-3-5-15(12)21-9-8-18/h2-7,10,19H,9,11H2,1H3. The highest BCUT2D eigenvalue weighted by molar-refractivity contribution is 5.48. The van der Waals surface area contributed by atoms with Crippen LogP contribution in [0, 0.1) is 17.1 Å². The summed E-state index contributed by atoms with van der Waals surface area (Å²) >= 11 is 0. The Morgan fingerprint density at radius 1 is 1.19 bits per heavy atom. The molecular formula is C16H15FN2O2. The molecule has 0 spiro atoms. The summed E-state index contributed by atoms with van der Waals surface area (Å²) in [4.78, 5) is 0. The molecule has 5 heteroatoms. The molecule has 0 aliphatic rings. The van der Waals surface area contributed by atoms with Gasteiger partial charge in [-0.3, -0.25) is 0 Å². The summed E-state index contributed by atoms with van der Waals surface area (Å²) in [5.41, 5.74) is 1.53. The van der Waals surface area contributed by atoms with Crippen molar-refractivity contribution >= 4 is 5.69 Å². The predicted octanol–water partition coefficient (Wildman–Crippen LogP) is 3.35. The van der Waals surface area contributed by atoms with Crippen LogP contribution in [0.2, 0.25) is 0 Å². The van der Waals surface area contributed by atoms with Crippen LogP contribution in [-0.2, 0) is 6.54 Å². The first-order chi connectivity index (χ1) is 10.2. The second-order valence-electron chi connectivity index (χ2n) is 4.26. The van der Waals surface area contributed by atoms with Gasteiger partial charge in [-0.2, -0.15) is 5.26 Å². The van der Waals surface area contributed by atoms with Crippen LogP contribution in [0.4, 0.5) is 10.1 Å². The summed E-state index contributed by atoms with van der Waals surface area (Å²) in [7, 11) is 1.42. The largest absolute Gasteiger partial charge is 0.494 e. The van der Waals surface area contributed by atoms with Crippen molar-refractivity contribution < 1.29 is 13.9 Å². The highest BCUT2D eigenvalue weighted by atomic mass is 19.1. The predicted molar refractivity (Wildman–Crippen MR) is 77.8 cm³/mol. The van der Waals surface area contributed by atoms with E-state index in [0.717, 1.165) is 5.56 Å². The van der Waals surface area contributed by atoms with Crippen LogP contribution in [0.5, 0.6) is 11.5 Å². The lowest BCUT2D eigenvalue weighted by atomic mass is 10.2. The molecule has 0 bridgehead atoms. The third kappa shape index (κ3) is 3.86. The minimum Gasteiger partial charge on any atom is -0.494 e. The van der Waals surface area contributed by atoms with Crippen molar-refractivity contribution in [3.8, 4) is 17.6 Å². The van der Waals surface area contributed by atoms with Gasteiger partial charge in [0.05, 0.1) is 7.11 Å². The van der Waals surface area contributed by atoms with Crippen molar-refractivity contribution in [2.75, 3.05) is 19.0 Å². The van der Waals surface area contributed by atoms with Gasteiger partial charge in [-0.25, -0.2) is 4.39 Å². The molecule has 0 aromatic heterocycles. The number of ether oxygens (including phenoxy) is 2. The summed E-state index contributed by atoms with van der Waals surface area (Å²) in [6.45, 7) is 0.460. The fourth-order valence-electron chi connectivity index (χ4n) is 1.87. The van der Waals surface area contributed by atoms with Gasteiger partial charge in [0.2, 0.25) is 0 Å². The van der Waals surface area contributed by atoms with Crippen LogP contribution in [0.3, 0.4) is 0 Å². The van der Waals surface area contributed by atoms with Crippen LogP contribution in [0.25, 0.3) is 0 Å². The Bertz CT molecular complexity index is 653. The molecule has 1 N–H and O–H groups in total. The van der Waals surface area contributed by atoms with Gasteiger partial charge in [0.1, 0.15) is 11.8 Å². The van der Waals surface area contributed by atoms with Gasteiger partial charge >= 0.3 is 0 Å². The molecule has 0 heterocycles. The fraction of sp³-hybridized carbons (Fsp3) is 0.188. The SMILES string of the molecule is COc1ccc(NCc2ccccc2OCC#N)cc1F. The smallest absolute Gasteiger partial charge is 0.174 e. The van der Waals surface area contributed by atoms with Gasteiger partial charge < -0.3 is 14.8 Å². The Balaban J connectivity index is 2.06. The number of nitriles is 1. The van der Waals surface area contributed by atoms with Gasteiger partial charge in [-0.15, -0.1) is 0 Å². The third-order valence-electron chi connectivity index (χ3n) is 2.90. The maximum atomic E-state index is 13.6. The Hall–Kier alpha value is -2.74. The Kier molecular flexibility index (Phi) is 4.99. The van der Waals surface area contributed by atoms with Crippen LogP contribution in [0.15, 0.2) is 42.5 Å². The van der Waals surface area contributed by atoms with Crippen molar-refractivity contribution in [2.24, 2.45) is 0 Å². The zero-order valence-corrected chi connectivity index (χ0v) is 11.6. The van der Waals surface area contributed by atoms with E-state index in [0.29, 0.717) is 18.0 Å². The van der Waals surface area contributed by atoms with E-state index in [2.05, 4.69) is 5.32 Å². The van der Waals surface area contributed by atoms with Gasteiger partial charge in [0.25, 0.3) is 0 Å². The molecule has 2 rings (SSSR count). The summed E-state index contributed by atoms with van der Waals surface area (Å²) in [6, 6.07) is 14.0. The second kappa shape index (κ2) is 7.15. The van der Waals surface area contributed by atoms with Crippen molar-refractivity contribution in [1.82, 2.24) is 0 Å². The van der Waals surface area contributed by atoms with E-state index in [1.54, 1.807) is 18.2 Å². The minimum absolute atomic E-state index is 0.00578. The van der Waals surface area contributed by atoms with E-state index in [1.165, 1.54) is 13.2 Å². The number of hydrogen-bond acceptors (Lipinski definition) is 4. The van der Waals surface area contributed by atoms with E-state index >= 15 is 0 Å². The lowest BCUT2D eigenvalue weighted by Gasteiger charge is -2.11. The van der Waals surface area contributed by atoms with E-state index < -0.39 is 5.82 Å². The summed E-state index contributed by atoms with van der Waals surface area (Å²) < 4.78 is 23.8. The Labute approximate surface area is 122 Å². The molecule has 0 saturated carbocycles. The number of anilines is 1. The molecule has 2 aromatic carbocycles. The lowest BCUT2D eigenvalue weighted by molar-refractivity contribution is 0.364. The average molecular weight is 286 g/mol. The average Bonchev–Trinajstić information content (AvgIpc) is 2.52. The summed E-state index contributed by atoms with van der Waals surface area (Å²) in [5, 5.41) is 11.7. The number of hydrogen-bond donors (Lipinski definition) is 1. The molecule has 0 radical (unpaired) electrons. The molecule has 0 atom stereocenters. The number of rotatable bonds is 6. The van der Waals surface area contributed by atoms with E-state index in [1.807, 2.05) is 24.3 Å². The molecule has 2 aromatic rings. The van der Waals surface area contributed by atoms with Gasteiger partial charge in [-0.1, -0.05) is 18.2 Å². The van der Waals surface area contributed by atoms with Crippen molar-refractivity contribution in [1.29, 1.82) is 5.26 Å². The molecule has 21 heavy (non-hydrogen) atoms. The normalized spacial score (nSPS) is 9.76. The first-order valence-corrected chi connectivity index (χ1v) is 6.39. The van der Waals surface area contributed by atoms with Crippen LogP contribution >= 0.6 is 0 Å². The molecule has 4 nitrogen and oxygen atoms in total. The topological polar surface area (TPSA) is 54.3 Å². The number of para-hydroxylation sites is 1. The molecule has 0 saturated heterocycles. The van der Waals surface area contributed by atoms with Crippen molar-refractivity contribution in [3.63, 3.8) is 0 Å².